The number of ether oxygens (including phenoxy) is 2. The van der Waals surface area contributed by atoms with Gasteiger partial charge >= 0.3 is 5.97 Å². The highest BCUT2D eigenvalue weighted by Gasteiger charge is 2.20. The molecule has 0 saturated heterocycles. The SMILES string of the molecule is CCOC(CN(CCC(C)C)C(=O)CCC(=O)O)OCC. The van der Waals surface area contributed by atoms with Crippen molar-refractivity contribution < 1.29 is 24.2 Å². The normalized spacial score (nSPS) is 11.1. The molecule has 0 aromatic rings. The second-order valence-corrected chi connectivity index (χ2v) is 5.26. The first-order valence-corrected chi connectivity index (χ1v) is 7.63. The third kappa shape index (κ3) is 10.3. The van der Waals surface area contributed by atoms with Gasteiger partial charge in [-0.2, -0.15) is 0 Å². The summed E-state index contributed by atoms with van der Waals surface area (Å²) in [6.45, 7) is 9.86. The number of carboxylic acids is 1. The number of carboxylic acid groups (broad SMARTS) is 1. The number of aliphatic carboxylic acids is 1. The molecule has 124 valence electrons. The first kappa shape index (κ1) is 19.9. The maximum atomic E-state index is 12.2. The van der Waals surface area contributed by atoms with E-state index in [1.165, 1.54) is 0 Å². The highest BCUT2D eigenvalue weighted by atomic mass is 16.7. The zero-order valence-electron chi connectivity index (χ0n) is 13.6. The van der Waals surface area contributed by atoms with Crippen LogP contribution >= 0.6 is 0 Å². The Hall–Kier alpha value is -1.14. The van der Waals surface area contributed by atoms with Gasteiger partial charge in [0.2, 0.25) is 5.91 Å². The average Bonchev–Trinajstić information content (AvgIpc) is 2.40. The van der Waals surface area contributed by atoms with Gasteiger partial charge in [0, 0.05) is 26.2 Å². The van der Waals surface area contributed by atoms with E-state index in [0.717, 1.165) is 6.42 Å². The van der Waals surface area contributed by atoms with Crippen molar-refractivity contribution in [2.45, 2.75) is 53.2 Å². The smallest absolute Gasteiger partial charge is 0.303 e. The summed E-state index contributed by atoms with van der Waals surface area (Å²) in [6, 6.07) is 0. The van der Waals surface area contributed by atoms with Gasteiger partial charge in [0.1, 0.15) is 0 Å². The number of carbonyl (C=O) groups excluding carboxylic acids is 1. The number of hydrogen-bond acceptors (Lipinski definition) is 4. The third-order valence-electron chi connectivity index (χ3n) is 2.96. The van der Waals surface area contributed by atoms with Crippen molar-refractivity contribution >= 4 is 11.9 Å². The molecule has 0 radical (unpaired) electrons. The minimum Gasteiger partial charge on any atom is -0.481 e. The van der Waals surface area contributed by atoms with E-state index in [9.17, 15) is 9.59 Å². The Bertz CT molecular complexity index is 300. The summed E-state index contributed by atoms with van der Waals surface area (Å²) in [6.07, 6.45) is 0.272. The first-order chi connectivity index (χ1) is 9.90. The van der Waals surface area contributed by atoms with Crippen LogP contribution in [0.4, 0.5) is 0 Å². The van der Waals surface area contributed by atoms with E-state index in [2.05, 4.69) is 13.8 Å². The fourth-order valence-electron chi connectivity index (χ4n) is 1.81. The zero-order valence-corrected chi connectivity index (χ0v) is 13.6. The molecule has 6 heteroatoms. The number of rotatable bonds is 12. The van der Waals surface area contributed by atoms with Gasteiger partial charge in [-0.1, -0.05) is 13.8 Å². The molecule has 0 spiro atoms. The highest BCUT2D eigenvalue weighted by molar-refractivity contribution is 5.80. The maximum Gasteiger partial charge on any atom is 0.303 e. The Balaban J connectivity index is 4.60. The largest absolute Gasteiger partial charge is 0.481 e. The van der Waals surface area contributed by atoms with E-state index < -0.39 is 12.3 Å². The van der Waals surface area contributed by atoms with Gasteiger partial charge in [0.05, 0.1) is 13.0 Å². The van der Waals surface area contributed by atoms with Crippen LogP contribution in [-0.2, 0) is 19.1 Å². The van der Waals surface area contributed by atoms with Crippen LogP contribution in [0.1, 0.15) is 47.0 Å². The Kier molecular flexibility index (Phi) is 10.9. The molecule has 0 aliphatic carbocycles. The first-order valence-electron chi connectivity index (χ1n) is 7.63. The molecule has 0 heterocycles. The molecule has 0 bridgehead atoms. The highest BCUT2D eigenvalue weighted by Crippen LogP contribution is 2.08. The van der Waals surface area contributed by atoms with E-state index in [4.69, 9.17) is 14.6 Å². The van der Waals surface area contributed by atoms with Crippen molar-refractivity contribution in [3.63, 3.8) is 0 Å². The van der Waals surface area contributed by atoms with Crippen molar-refractivity contribution in [2.24, 2.45) is 5.92 Å². The topological polar surface area (TPSA) is 76.1 Å². The summed E-state index contributed by atoms with van der Waals surface area (Å²) in [5.74, 6) is -0.654. The van der Waals surface area contributed by atoms with E-state index >= 15 is 0 Å². The van der Waals surface area contributed by atoms with Crippen LogP contribution in [0, 0.1) is 5.92 Å². The molecule has 0 fully saturated rings. The Morgan fingerprint density at radius 2 is 1.67 bits per heavy atom. The van der Waals surface area contributed by atoms with Gasteiger partial charge in [-0.3, -0.25) is 9.59 Å². The quantitative estimate of drug-likeness (QED) is 0.559. The van der Waals surface area contributed by atoms with Crippen molar-refractivity contribution in [3.8, 4) is 0 Å². The third-order valence-corrected chi connectivity index (χ3v) is 2.96. The van der Waals surface area contributed by atoms with Gasteiger partial charge in [0.15, 0.2) is 6.29 Å². The van der Waals surface area contributed by atoms with Gasteiger partial charge in [-0.15, -0.1) is 0 Å². The Morgan fingerprint density at radius 1 is 1.10 bits per heavy atom. The summed E-state index contributed by atoms with van der Waals surface area (Å²) in [4.78, 5) is 24.4. The van der Waals surface area contributed by atoms with Crippen LogP contribution < -0.4 is 0 Å². The molecule has 1 amide bonds. The summed E-state index contributed by atoms with van der Waals surface area (Å²) >= 11 is 0. The second kappa shape index (κ2) is 11.5. The molecular weight excluding hydrogens is 274 g/mol. The predicted octanol–water partition coefficient (Wildman–Crippen LogP) is 2.12. The monoisotopic (exact) mass is 303 g/mol. The molecule has 0 aromatic heterocycles. The lowest BCUT2D eigenvalue weighted by atomic mass is 10.1. The average molecular weight is 303 g/mol. The molecule has 0 aliphatic rings. The maximum absolute atomic E-state index is 12.2. The van der Waals surface area contributed by atoms with Gasteiger partial charge in [0.25, 0.3) is 0 Å². The van der Waals surface area contributed by atoms with Crippen LogP contribution in [0.3, 0.4) is 0 Å². The fourth-order valence-corrected chi connectivity index (χ4v) is 1.81. The fraction of sp³-hybridized carbons (Fsp3) is 0.867. The number of carbonyl (C=O) groups is 2. The Labute approximate surface area is 127 Å². The number of amides is 1. The molecule has 0 saturated carbocycles. The van der Waals surface area contributed by atoms with Crippen molar-refractivity contribution in [2.75, 3.05) is 26.3 Å². The number of nitrogens with zero attached hydrogens (tertiary/aromatic N) is 1. The number of hydrogen-bond donors (Lipinski definition) is 1. The second-order valence-electron chi connectivity index (χ2n) is 5.26. The van der Waals surface area contributed by atoms with E-state index in [0.29, 0.717) is 32.2 Å². The van der Waals surface area contributed by atoms with Gasteiger partial charge in [-0.25, -0.2) is 0 Å². The van der Waals surface area contributed by atoms with Gasteiger partial charge < -0.3 is 19.5 Å². The lowest BCUT2D eigenvalue weighted by Crippen LogP contribution is -2.40. The van der Waals surface area contributed by atoms with E-state index in [1.54, 1.807) is 4.90 Å². The molecule has 0 aliphatic heterocycles. The van der Waals surface area contributed by atoms with Crippen molar-refractivity contribution in [1.82, 2.24) is 4.90 Å². The van der Waals surface area contributed by atoms with E-state index in [-0.39, 0.29) is 18.7 Å². The Morgan fingerprint density at radius 3 is 2.10 bits per heavy atom. The summed E-state index contributed by atoms with van der Waals surface area (Å²) in [7, 11) is 0. The van der Waals surface area contributed by atoms with Crippen LogP contribution in [-0.4, -0.2) is 54.5 Å². The molecule has 0 aromatic carbocycles. The summed E-state index contributed by atoms with van der Waals surface area (Å²) in [5.41, 5.74) is 0. The molecule has 0 unspecified atom stereocenters. The standard InChI is InChI=1S/C15H29NO5/c1-5-20-15(21-6-2)11-16(10-9-12(3)4)13(17)7-8-14(18)19/h12,15H,5-11H2,1-4H3,(H,18,19). The molecule has 0 rings (SSSR count). The molecule has 21 heavy (non-hydrogen) atoms. The van der Waals surface area contributed by atoms with Crippen LogP contribution in [0.25, 0.3) is 0 Å². The van der Waals surface area contributed by atoms with Crippen LogP contribution in [0.5, 0.6) is 0 Å². The van der Waals surface area contributed by atoms with Gasteiger partial charge in [-0.05, 0) is 26.2 Å². The summed E-state index contributed by atoms with van der Waals surface area (Å²) < 4.78 is 10.9. The van der Waals surface area contributed by atoms with Crippen molar-refractivity contribution in [1.29, 1.82) is 0 Å². The molecule has 1 N–H and O–H groups in total. The van der Waals surface area contributed by atoms with Crippen molar-refractivity contribution in [3.05, 3.63) is 0 Å². The van der Waals surface area contributed by atoms with E-state index in [1.807, 2.05) is 13.8 Å². The zero-order chi connectivity index (χ0) is 16.3. The summed E-state index contributed by atoms with van der Waals surface area (Å²) in [5, 5.41) is 8.69. The molecular formula is C15H29NO5. The lowest BCUT2D eigenvalue weighted by molar-refractivity contribution is -0.159. The molecule has 0 atom stereocenters. The molecule has 6 nitrogen and oxygen atoms in total. The van der Waals surface area contributed by atoms with Crippen LogP contribution in [0.2, 0.25) is 0 Å². The minimum absolute atomic E-state index is 0.0123. The minimum atomic E-state index is -0.960. The predicted molar refractivity (Wildman–Crippen MR) is 79.9 cm³/mol. The van der Waals surface area contributed by atoms with Crippen LogP contribution in [0.15, 0.2) is 0 Å². The lowest BCUT2D eigenvalue weighted by Gasteiger charge is -2.28.